The Balaban J connectivity index is 1.60. The van der Waals surface area contributed by atoms with Gasteiger partial charge in [-0.25, -0.2) is 0 Å². The summed E-state index contributed by atoms with van der Waals surface area (Å²) in [5, 5.41) is 10.3. The Labute approximate surface area is 159 Å². The zero-order valence-corrected chi connectivity index (χ0v) is 15.8. The van der Waals surface area contributed by atoms with E-state index in [1.807, 2.05) is 42.5 Å². The highest BCUT2D eigenvalue weighted by Gasteiger charge is 2.15. The van der Waals surface area contributed by atoms with Crippen molar-refractivity contribution in [2.45, 2.75) is 26.8 Å². The van der Waals surface area contributed by atoms with Gasteiger partial charge in [-0.3, -0.25) is 4.79 Å². The van der Waals surface area contributed by atoms with Crippen LogP contribution in [0.1, 0.15) is 30.0 Å². The number of hydrogen-bond acceptors (Lipinski definition) is 5. The summed E-state index contributed by atoms with van der Waals surface area (Å²) in [6, 6.07) is 17.3. The van der Waals surface area contributed by atoms with Gasteiger partial charge in [-0.05, 0) is 49.2 Å². The minimum Gasteiger partial charge on any atom is -0.380 e. The number of hydrogen-bond donors (Lipinski definition) is 2. The molecule has 0 aliphatic rings. The average molecular weight is 364 g/mol. The van der Waals surface area contributed by atoms with Crippen molar-refractivity contribution in [1.82, 2.24) is 15.5 Å². The number of rotatable bonds is 7. The quantitative estimate of drug-likeness (QED) is 0.664. The summed E-state index contributed by atoms with van der Waals surface area (Å²) in [6.45, 7) is 6.57. The van der Waals surface area contributed by atoms with E-state index in [2.05, 4.69) is 34.6 Å². The van der Waals surface area contributed by atoms with Gasteiger partial charge < -0.3 is 15.2 Å². The van der Waals surface area contributed by atoms with Crippen molar-refractivity contribution in [2.24, 2.45) is 5.92 Å². The van der Waals surface area contributed by atoms with Gasteiger partial charge in [-0.2, -0.15) is 4.98 Å². The number of para-hydroxylation sites is 1. The van der Waals surface area contributed by atoms with E-state index in [1.54, 1.807) is 19.1 Å². The van der Waals surface area contributed by atoms with Crippen molar-refractivity contribution in [3.8, 4) is 11.5 Å². The smallest absolute Gasteiger partial charge is 0.257 e. The monoisotopic (exact) mass is 364 g/mol. The van der Waals surface area contributed by atoms with Crippen LogP contribution in [0.15, 0.2) is 59.1 Å². The number of aryl methyl sites for hydroxylation is 1. The van der Waals surface area contributed by atoms with Crippen LogP contribution in [-0.4, -0.2) is 28.6 Å². The molecular formula is C21H24N4O2. The van der Waals surface area contributed by atoms with E-state index < -0.39 is 0 Å². The maximum absolute atomic E-state index is 12.5. The molecule has 0 spiro atoms. The van der Waals surface area contributed by atoms with Crippen LogP contribution < -0.4 is 10.6 Å². The molecule has 0 radical (unpaired) electrons. The third kappa shape index (κ3) is 4.94. The second-order valence-electron chi connectivity index (χ2n) is 6.79. The lowest BCUT2D eigenvalue weighted by Gasteiger charge is -2.24. The molecule has 6 heteroatoms. The first-order valence-corrected chi connectivity index (χ1v) is 9.03. The first kappa shape index (κ1) is 18.6. The molecule has 140 valence electrons. The van der Waals surface area contributed by atoms with Crippen molar-refractivity contribution >= 4 is 11.6 Å². The third-order valence-electron chi connectivity index (χ3n) is 4.33. The summed E-state index contributed by atoms with van der Waals surface area (Å²) in [6.07, 6.45) is 0. The number of carbonyl (C=O) groups excluding carboxylic acids is 1. The standard InChI is InChI=1S/C21H24N4O2/c1-14(2)19(24-18-7-5-4-6-8-18)13-22-20(26)16-9-11-17(12-10-16)21-23-15(3)25-27-21/h4-12,14,19,24H,13H2,1-3H3,(H,22,26). The molecule has 0 aliphatic heterocycles. The van der Waals surface area contributed by atoms with Crippen LogP contribution in [0, 0.1) is 12.8 Å². The van der Waals surface area contributed by atoms with E-state index in [4.69, 9.17) is 4.52 Å². The van der Waals surface area contributed by atoms with Gasteiger partial charge >= 0.3 is 0 Å². The minimum absolute atomic E-state index is 0.108. The lowest BCUT2D eigenvalue weighted by molar-refractivity contribution is 0.0950. The number of benzene rings is 2. The first-order chi connectivity index (χ1) is 13.0. The summed E-state index contributed by atoms with van der Waals surface area (Å²) in [5.74, 6) is 1.29. The summed E-state index contributed by atoms with van der Waals surface area (Å²) in [5.41, 5.74) is 2.43. The first-order valence-electron chi connectivity index (χ1n) is 9.03. The van der Waals surface area contributed by atoms with Gasteiger partial charge in [-0.15, -0.1) is 0 Å². The molecule has 2 N–H and O–H groups in total. The molecule has 0 saturated heterocycles. The lowest BCUT2D eigenvalue weighted by atomic mass is 10.0. The average Bonchev–Trinajstić information content (AvgIpc) is 3.12. The van der Waals surface area contributed by atoms with Crippen LogP contribution in [0.4, 0.5) is 5.69 Å². The van der Waals surface area contributed by atoms with E-state index in [9.17, 15) is 4.79 Å². The zero-order chi connectivity index (χ0) is 19.2. The number of nitrogens with zero attached hydrogens (tertiary/aromatic N) is 2. The Bertz CT molecular complexity index is 873. The van der Waals surface area contributed by atoms with Crippen molar-refractivity contribution in [2.75, 3.05) is 11.9 Å². The molecule has 1 amide bonds. The van der Waals surface area contributed by atoms with Gasteiger partial charge in [-0.1, -0.05) is 37.2 Å². The molecule has 0 bridgehead atoms. The molecule has 1 atom stereocenters. The molecule has 0 aliphatic carbocycles. The number of nitrogens with one attached hydrogen (secondary N) is 2. The van der Waals surface area contributed by atoms with Gasteiger partial charge in [0, 0.05) is 29.4 Å². The van der Waals surface area contributed by atoms with Crippen LogP contribution in [0.25, 0.3) is 11.5 Å². The molecular weight excluding hydrogens is 340 g/mol. The van der Waals surface area contributed by atoms with Gasteiger partial charge in [0.05, 0.1) is 0 Å². The second-order valence-corrected chi connectivity index (χ2v) is 6.79. The van der Waals surface area contributed by atoms with E-state index in [0.717, 1.165) is 11.3 Å². The summed E-state index contributed by atoms with van der Waals surface area (Å²) in [4.78, 5) is 16.7. The third-order valence-corrected chi connectivity index (χ3v) is 4.33. The SMILES string of the molecule is Cc1noc(-c2ccc(C(=O)NCC(Nc3ccccc3)C(C)C)cc2)n1. The van der Waals surface area contributed by atoms with Gasteiger partial charge in [0.15, 0.2) is 5.82 Å². The molecule has 3 rings (SSSR count). The Morgan fingerprint density at radius 3 is 2.37 bits per heavy atom. The second kappa shape index (κ2) is 8.49. The molecule has 1 aromatic heterocycles. The maximum Gasteiger partial charge on any atom is 0.257 e. The Hall–Kier alpha value is -3.15. The van der Waals surface area contributed by atoms with Gasteiger partial charge in [0.2, 0.25) is 0 Å². The fraction of sp³-hybridized carbons (Fsp3) is 0.286. The zero-order valence-electron chi connectivity index (χ0n) is 15.8. The predicted octanol–water partition coefficient (Wildman–Crippen LogP) is 3.91. The van der Waals surface area contributed by atoms with Crippen LogP contribution >= 0.6 is 0 Å². The van der Waals surface area contributed by atoms with E-state index in [1.165, 1.54) is 0 Å². The molecule has 6 nitrogen and oxygen atoms in total. The van der Waals surface area contributed by atoms with Gasteiger partial charge in [0.25, 0.3) is 11.8 Å². The topological polar surface area (TPSA) is 80.0 Å². The fourth-order valence-corrected chi connectivity index (χ4v) is 2.69. The largest absolute Gasteiger partial charge is 0.380 e. The molecule has 1 heterocycles. The molecule has 0 saturated carbocycles. The van der Waals surface area contributed by atoms with Crippen molar-refractivity contribution in [1.29, 1.82) is 0 Å². The molecule has 2 aromatic carbocycles. The van der Waals surface area contributed by atoms with E-state index >= 15 is 0 Å². The van der Waals surface area contributed by atoms with Crippen molar-refractivity contribution in [3.63, 3.8) is 0 Å². The molecule has 27 heavy (non-hydrogen) atoms. The maximum atomic E-state index is 12.5. The highest BCUT2D eigenvalue weighted by molar-refractivity contribution is 5.94. The van der Waals surface area contributed by atoms with Crippen molar-refractivity contribution in [3.05, 3.63) is 66.0 Å². The number of aromatic nitrogens is 2. The minimum atomic E-state index is -0.108. The van der Waals surface area contributed by atoms with E-state index in [0.29, 0.717) is 29.7 Å². The Kier molecular flexibility index (Phi) is 5.86. The lowest BCUT2D eigenvalue weighted by Crippen LogP contribution is -2.39. The molecule has 0 fully saturated rings. The summed E-state index contributed by atoms with van der Waals surface area (Å²) >= 11 is 0. The van der Waals surface area contributed by atoms with E-state index in [-0.39, 0.29) is 11.9 Å². The summed E-state index contributed by atoms with van der Waals surface area (Å²) in [7, 11) is 0. The number of anilines is 1. The Morgan fingerprint density at radius 1 is 1.07 bits per heavy atom. The van der Waals surface area contributed by atoms with Gasteiger partial charge in [0.1, 0.15) is 0 Å². The highest BCUT2D eigenvalue weighted by atomic mass is 16.5. The predicted molar refractivity (Wildman–Crippen MR) is 105 cm³/mol. The summed E-state index contributed by atoms with van der Waals surface area (Å²) < 4.78 is 5.14. The molecule has 1 unspecified atom stereocenters. The Morgan fingerprint density at radius 2 is 1.78 bits per heavy atom. The van der Waals surface area contributed by atoms with Crippen LogP contribution in [0.3, 0.4) is 0 Å². The van der Waals surface area contributed by atoms with Crippen LogP contribution in [0.2, 0.25) is 0 Å². The van der Waals surface area contributed by atoms with Crippen molar-refractivity contribution < 1.29 is 9.32 Å². The highest BCUT2D eigenvalue weighted by Crippen LogP contribution is 2.18. The number of amides is 1. The molecule has 3 aromatic rings. The van der Waals surface area contributed by atoms with Crippen LogP contribution in [0.5, 0.6) is 0 Å². The van der Waals surface area contributed by atoms with Crippen LogP contribution in [-0.2, 0) is 0 Å². The fourth-order valence-electron chi connectivity index (χ4n) is 2.69. The normalized spacial score (nSPS) is 12.0. The number of carbonyl (C=O) groups is 1.